The van der Waals surface area contributed by atoms with Crippen molar-refractivity contribution in [3.63, 3.8) is 0 Å². The van der Waals surface area contributed by atoms with Gasteiger partial charge in [-0.05, 0) is 6.92 Å². The van der Waals surface area contributed by atoms with Gasteiger partial charge in [-0.1, -0.05) is 26.8 Å². The van der Waals surface area contributed by atoms with Crippen LogP contribution >= 0.6 is 0 Å². The van der Waals surface area contributed by atoms with E-state index in [1.54, 1.807) is 25.1 Å². The molecular formula is C17H24N6O2. The Morgan fingerprint density at radius 3 is 2.52 bits per heavy atom. The van der Waals surface area contributed by atoms with Crippen molar-refractivity contribution in [2.24, 2.45) is 17.6 Å². The zero-order chi connectivity index (χ0) is 18.5. The number of rotatable bonds is 3. The molecule has 1 aliphatic heterocycles. The number of hydrogen-bond acceptors (Lipinski definition) is 5. The molecule has 0 aliphatic carbocycles. The predicted molar refractivity (Wildman–Crippen MR) is 99.3 cm³/mol. The predicted octanol–water partition coefficient (Wildman–Crippen LogP) is 1.32. The Kier molecular flexibility index (Phi) is 3.93. The molecule has 0 spiro atoms. The van der Waals surface area contributed by atoms with Crippen molar-refractivity contribution in [2.45, 2.75) is 40.8 Å². The highest BCUT2D eigenvalue weighted by Crippen LogP contribution is 2.28. The molecule has 0 saturated carbocycles. The molecule has 8 nitrogen and oxygen atoms in total. The SMILES string of the molecule is C=CCN1N=C(C(C)(C)C)Cn2c1nc1c2c(=O)n(CC)c(=O)n1C. The van der Waals surface area contributed by atoms with Crippen LogP contribution in [0.5, 0.6) is 0 Å². The Hall–Kier alpha value is -2.64. The van der Waals surface area contributed by atoms with Gasteiger partial charge in [0.1, 0.15) is 0 Å². The Bertz CT molecular complexity index is 999. The first-order valence-corrected chi connectivity index (χ1v) is 8.37. The Balaban J connectivity index is 2.37. The summed E-state index contributed by atoms with van der Waals surface area (Å²) in [6, 6.07) is 0. The van der Waals surface area contributed by atoms with Crippen LogP contribution in [0.25, 0.3) is 11.2 Å². The molecule has 0 atom stereocenters. The van der Waals surface area contributed by atoms with E-state index < -0.39 is 0 Å². The summed E-state index contributed by atoms with van der Waals surface area (Å²) in [6.07, 6.45) is 1.74. The van der Waals surface area contributed by atoms with E-state index in [0.29, 0.717) is 36.7 Å². The van der Waals surface area contributed by atoms with Gasteiger partial charge in [0.25, 0.3) is 5.56 Å². The van der Waals surface area contributed by atoms with Crippen LogP contribution in [0, 0.1) is 5.41 Å². The minimum atomic E-state index is -0.359. The van der Waals surface area contributed by atoms with Gasteiger partial charge in [0.2, 0.25) is 5.95 Å². The van der Waals surface area contributed by atoms with E-state index in [0.717, 1.165) is 5.71 Å². The van der Waals surface area contributed by atoms with Gasteiger partial charge in [-0.25, -0.2) is 9.80 Å². The van der Waals surface area contributed by atoms with Crippen LogP contribution < -0.4 is 16.3 Å². The van der Waals surface area contributed by atoms with Crippen LogP contribution in [0.2, 0.25) is 0 Å². The third-order valence-corrected chi connectivity index (χ3v) is 4.48. The summed E-state index contributed by atoms with van der Waals surface area (Å²) in [5.41, 5.74) is 0.935. The smallest absolute Gasteiger partial charge is 0.297 e. The largest absolute Gasteiger partial charge is 0.332 e. The molecule has 0 radical (unpaired) electrons. The van der Waals surface area contributed by atoms with Crippen molar-refractivity contribution in [3.8, 4) is 0 Å². The fourth-order valence-electron chi connectivity index (χ4n) is 2.99. The Labute approximate surface area is 145 Å². The second-order valence-corrected chi connectivity index (χ2v) is 7.23. The maximum atomic E-state index is 12.9. The van der Waals surface area contributed by atoms with Crippen LogP contribution in [0.15, 0.2) is 27.3 Å². The molecule has 1 aliphatic rings. The number of aryl methyl sites for hydroxylation is 1. The van der Waals surface area contributed by atoms with E-state index in [2.05, 4.69) is 32.3 Å². The number of imidazole rings is 1. The van der Waals surface area contributed by atoms with Crippen LogP contribution in [0.1, 0.15) is 27.7 Å². The van der Waals surface area contributed by atoms with Crippen molar-refractivity contribution < 1.29 is 0 Å². The summed E-state index contributed by atoms with van der Waals surface area (Å²) in [4.78, 5) is 29.8. The summed E-state index contributed by atoms with van der Waals surface area (Å²) >= 11 is 0. The first kappa shape index (κ1) is 17.2. The quantitative estimate of drug-likeness (QED) is 0.787. The van der Waals surface area contributed by atoms with Gasteiger partial charge in [-0.15, -0.1) is 6.58 Å². The second kappa shape index (κ2) is 5.72. The molecule has 134 valence electrons. The van der Waals surface area contributed by atoms with E-state index in [-0.39, 0.29) is 16.7 Å². The number of hydrazone groups is 1. The number of fused-ring (bicyclic) bond motifs is 3. The first-order valence-electron chi connectivity index (χ1n) is 8.37. The first-order chi connectivity index (χ1) is 11.7. The summed E-state index contributed by atoms with van der Waals surface area (Å²) in [7, 11) is 1.64. The monoisotopic (exact) mass is 344 g/mol. The lowest BCUT2D eigenvalue weighted by Gasteiger charge is -2.30. The van der Waals surface area contributed by atoms with Crippen LogP contribution in [-0.4, -0.2) is 30.9 Å². The molecule has 2 aromatic rings. The topological polar surface area (TPSA) is 77.4 Å². The molecule has 8 heteroatoms. The molecule has 0 bridgehead atoms. The van der Waals surface area contributed by atoms with Gasteiger partial charge >= 0.3 is 5.69 Å². The van der Waals surface area contributed by atoms with Crippen molar-refractivity contribution in [1.82, 2.24) is 18.7 Å². The average molecular weight is 344 g/mol. The zero-order valence-corrected chi connectivity index (χ0v) is 15.4. The number of anilines is 1. The summed E-state index contributed by atoms with van der Waals surface area (Å²) in [5.74, 6) is 0.559. The normalized spacial score (nSPS) is 14.6. The lowest BCUT2D eigenvalue weighted by molar-refractivity contribution is 0.552. The fraction of sp³-hybridized carbons (Fsp3) is 0.529. The highest BCUT2D eigenvalue weighted by molar-refractivity contribution is 5.93. The van der Waals surface area contributed by atoms with Crippen molar-refractivity contribution in [3.05, 3.63) is 33.5 Å². The van der Waals surface area contributed by atoms with Crippen LogP contribution in [0.3, 0.4) is 0 Å². The zero-order valence-electron chi connectivity index (χ0n) is 15.4. The van der Waals surface area contributed by atoms with Crippen LogP contribution in [-0.2, 0) is 20.1 Å². The molecular weight excluding hydrogens is 320 g/mol. The number of aromatic nitrogens is 4. The van der Waals surface area contributed by atoms with E-state index in [1.165, 1.54) is 9.13 Å². The molecule has 25 heavy (non-hydrogen) atoms. The lowest BCUT2D eigenvalue weighted by Crippen LogP contribution is -2.40. The molecule has 2 aromatic heterocycles. The van der Waals surface area contributed by atoms with Gasteiger partial charge in [-0.2, -0.15) is 10.1 Å². The van der Waals surface area contributed by atoms with E-state index >= 15 is 0 Å². The molecule has 3 heterocycles. The second-order valence-electron chi connectivity index (χ2n) is 7.23. The maximum Gasteiger partial charge on any atom is 0.332 e. The molecule has 3 rings (SSSR count). The van der Waals surface area contributed by atoms with Crippen molar-refractivity contribution >= 4 is 22.8 Å². The minimum absolute atomic E-state index is 0.155. The molecule has 0 N–H and O–H groups in total. The van der Waals surface area contributed by atoms with Gasteiger partial charge in [-0.3, -0.25) is 18.5 Å². The van der Waals surface area contributed by atoms with Crippen molar-refractivity contribution in [2.75, 3.05) is 11.6 Å². The third kappa shape index (κ3) is 2.52. The lowest BCUT2D eigenvalue weighted by atomic mass is 9.89. The van der Waals surface area contributed by atoms with Gasteiger partial charge in [0, 0.05) is 19.0 Å². The Morgan fingerprint density at radius 1 is 1.28 bits per heavy atom. The fourth-order valence-corrected chi connectivity index (χ4v) is 2.99. The molecule has 0 saturated heterocycles. The standard InChI is InChI=1S/C17H24N6O2/c1-7-9-23-15-18-13-12(14(24)21(8-2)16(25)20(13)6)22(15)10-11(19-23)17(3,4)5/h7H,1,8-10H2,2-6H3. The average Bonchev–Trinajstić information content (AvgIpc) is 2.93. The van der Waals surface area contributed by atoms with E-state index in [4.69, 9.17) is 5.10 Å². The molecule has 0 aromatic carbocycles. The summed E-state index contributed by atoms with van der Waals surface area (Å²) < 4.78 is 4.52. The van der Waals surface area contributed by atoms with E-state index in [1.807, 2.05) is 4.57 Å². The Morgan fingerprint density at radius 2 is 1.96 bits per heavy atom. The molecule has 0 unspecified atom stereocenters. The molecule has 0 amide bonds. The maximum absolute atomic E-state index is 12.9. The number of nitrogens with zero attached hydrogens (tertiary/aromatic N) is 6. The summed E-state index contributed by atoms with van der Waals surface area (Å²) in [5, 5.41) is 6.44. The van der Waals surface area contributed by atoms with E-state index in [9.17, 15) is 9.59 Å². The van der Waals surface area contributed by atoms with Gasteiger partial charge in [0.15, 0.2) is 11.2 Å². The van der Waals surface area contributed by atoms with Gasteiger partial charge in [0.05, 0.1) is 18.8 Å². The van der Waals surface area contributed by atoms with Gasteiger partial charge < -0.3 is 0 Å². The number of hydrogen-bond donors (Lipinski definition) is 0. The summed E-state index contributed by atoms with van der Waals surface area (Å²) in [6.45, 7) is 13.1. The van der Waals surface area contributed by atoms with Crippen LogP contribution in [0.4, 0.5) is 5.95 Å². The molecule has 0 fully saturated rings. The van der Waals surface area contributed by atoms with Crippen molar-refractivity contribution in [1.29, 1.82) is 0 Å². The third-order valence-electron chi connectivity index (χ3n) is 4.48. The highest BCUT2D eigenvalue weighted by atomic mass is 16.2. The highest BCUT2D eigenvalue weighted by Gasteiger charge is 2.31. The minimum Gasteiger partial charge on any atom is -0.297 e.